The Kier molecular flexibility index (Phi) is 4.87. The summed E-state index contributed by atoms with van der Waals surface area (Å²) in [6, 6.07) is 7.57. The number of nitrogens with two attached hydrogens (primary N) is 2. The van der Waals surface area contributed by atoms with Crippen LogP contribution in [0.15, 0.2) is 30.3 Å². The number of benzene rings is 1. The molecule has 0 aromatic heterocycles. The van der Waals surface area contributed by atoms with Crippen molar-refractivity contribution in [1.82, 2.24) is 4.72 Å². The second-order valence-corrected chi connectivity index (χ2v) is 5.55. The Labute approximate surface area is 117 Å². The third-order valence-corrected chi connectivity index (χ3v) is 3.98. The molecule has 2 rings (SSSR count). The topological polar surface area (TPSA) is 81.1 Å². The van der Waals surface area contributed by atoms with Gasteiger partial charge in [0.1, 0.15) is 0 Å². The summed E-state index contributed by atoms with van der Waals surface area (Å²) in [5, 5.41) is 0. The Morgan fingerprint density at radius 1 is 1.37 bits per heavy atom. The first kappa shape index (κ1) is 14.0. The summed E-state index contributed by atoms with van der Waals surface area (Å²) in [6.45, 7) is 0.502. The van der Waals surface area contributed by atoms with Crippen LogP contribution < -0.4 is 16.2 Å². The van der Waals surface area contributed by atoms with Crippen molar-refractivity contribution >= 4 is 23.6 Å². The summed E-state index contributed by atoms with van der Waals surface area (Å²) in [4.78, 5) is 11.6. The van der Waals surface area contributed by atoms with E-state index >= 15 is 0 Å². The Morgan fingerprint density at radius 3 is 2.63 bits per heavy atom. The molecule has 1 aliphatic rings. The number of nitrogens with one attached hydrogen (secondary N) is 1. The van der Waals surface area contributed by atoms with Gasteiger partial charge in [0, 0.05) is 24.1 Å². The minimum atomic E-state index is -0.161. The van der Waals surface area contributed by atoms with E-state index in [9.17, 15) is 4.79 Å². The fourth-order valence-electron chi connectivity index (χ4n) is 1.60. The zero-order chi connectivity index (χ0) is 13.7. The third kappa shape index (κ3) is 4.61. The van der Waals surface area contributed by atoms with Crippen molar-refractivity contribution in [3.63, 3.8) is 0 Å². The molecule has 0 atom stereocenters. The fraction of sp³-hybridized carbons (Fsp3) is 0.357. The van der Waals surface area contributed by atoms with E-state index in [1.165, 1.54) is 30.9 Å². The zero-order valence-electron chi connectivity index (χ0n) is 10.8. The van der Waals surface area contributed by atoms with Crippen molar-refractivity contribution in [2.75, 3.05) is 5.75 Å². The summed E-state index contributed by atoms with van der Waals surface area (Å²) in [5.74, 6) is 1.62. The van der Waals surface area contributed by atoms with E-state index < -0.39 is 0 Å². The highest BCUT2D eigenvalue weighted by atomic mass is 32.2. The molecule has 0 aliphatic heterocycles. The van der Waals surface area contributed by atoms with Crippen LogP contribution in [0.5, 0.6) is 0 Å². The van der Waals surface area contributed by atoms with Gasteiger partial charge in [-0.3, -0.25) is 9.52 Å². The van der Waals surface area contributed by atoms with Gasteiger partial charge in [-0.05, 0) is 41.8 Å². The molecular formula is C14H19N3OS. The number of carbonyl (C=O) groups is 1. The number of amides is 1. The Hall–Kier alpha value is -1.46. The van der Waals surface area contributed by atoms with Gasteiger partial charge in [0.25, 0.3) is 5.91 Å². The molecule has 1 saturated carbocycles. The van der Waals surface area contributed by atoms with Crippen LogP contribution in [-0.4, -0.2) is 11.7 Å². The highest BCUT2D eigenvalue weighted by molar-refractivity contribution is 7.97. The third-order valence-electron chi connectivity index (χ3n) is 3.00. The van der Waals surface area contributed by atoms with Gasteiger partial charge in [-0.15, -0.1) is 0 Å². The van der Waals surface area contributed by atoms with Crippen LogP contribution in [0.2, 0.25) is 0 Å². The quantitative estimate of drug-likeness (QED) is 0.545. The molecule has 0 spiro atoms. The van der Waals surface area contributed by atoms with Crippen molar-refractivity contribution in [3.05, 3.63) is 41.5 Å². The first-order chi connectivity index (χ1) is 9.19. The Bertz CT molecular complexity index is 466. The average molecular weight is 277 g/mol. The van der Waals surface area contributed by atoms with Crippen LogP contribution in [0.25, 0.3) is 5.70 Å². The zero-order valence-corrected chi connectivity index (χ0v) is 11.6. The Balaban J connectivity index is 1.86. The minimum absolute atomic E-state index is 0.161. The molecule has 1 aromatic carbocycles. The van der Waals surface area contributed by atoms with E-state index in [0.29, 0.717) is 12.2 Å². The summed E-state index contributed by atoms with van der Waals surface area (Å²) in [5.41, 5.74) is 13.8. The van der Waals surface area contributed by atoms with Gasteiger partial charge >= 0.3 is 0 Å². The molecule has 102 valence electrons. The van der Waals surface area contributed by atoms with Gasteiger partial charge in [0.15, 0.2) is 0 Å². The van der Waals surface area contributed by atoms with Crippen LogP contribution in [0.4, 0.5) is 0 Å². The highest BCUT2D eigenvalue weighted by Gasteiger charge is 2.21. The maximum absolute atomic E-state index is 11.6. The van der Waals surface area contributed by atoms with Crippen molar-refractivity contribution in [2.45, 2.75) is 19.4 Å². The molecule has 1 aromatic rings. The van der Waals surface area contributed by atoms with Crippen LogP contribution in [0.3, 0.4) is 0 Å². The van der Waals surface area contributed by atoms with E-state index in [4.69, 9.17) is 11.5 Å². The van der Waals surface area contributed by atoms with Crippen molar-refractivity contribution < 1.29 is 4.79 Å². The first-order valence-electron chi connectivity index (χ1n) is 6.37. The maximum Gasteiger partial charge on any atom is 0.255 e. The van der Waals surface area contributed by atoms with Gasteiger partial charge in [-0.1, -0.05) is 24.3 Å². The highest BCUT2D eigenvalue weighted by Crippen LogP contribution is 2.31. The van der Waals surface area contributed by atoms with Crippen LogP contribution in [0, 0.1) is 5.92 Å². The number of hydrogen-bond acceptors (Lipinski definition) is 4. The predicted octanol–water partition coefficient (Wildman–Crippen LogP) is 1.62. The van der Waals surface area contributed by atoms with E-state index in [0.717, 1.165) is 22.8 Å². The second-order valence-electron chi connectivity index (χ2n) is 4.72. The molecule has 4 nitrogen and oxygen atoms in total. The molecule has 0 saturated heterocycles. The molecule has 0 unspecified atom stereocenters. The van der Waals surface area contributed by atoms with Gasteiger partial charge in [-0.2, -0.15) is 0 Å². The van der Waals surface area contributed by atoms with Gasteiger partial charge in [-0.25, -0.2) is 0 Å². The molecule has 5 heteroatoms. The van der Waals surface area contributed by atoms with Crippen LogP contribution in [-0.2, 0) is 11.3 Å². The second kappa shape index (κ2) is 6.63. The van der Waals surface area contributed by atoms with Gasteiger partial charge < -0.3 is 11.5 Å². The molecule has 1 aliphatic carbocycles. The lowest BCUT2D eigenvalue weighted by atomic mass is 10.1. The lowest BCUT2D eigenvalue weighted by Gasteiger charge is -2.04. The van der Waals surface area contributed by atoms with Crippen molar-refractivity contribution in [2.24, 2.45) is 17.4 Å². The fourth-order valence-corrected chi connectivity index (χ4v) is 2.46. The normalized spacial score (nSPS) is 15.3. The summed E-state index contributed by atoms with van der Waals surface area (Å²) in [6.07, 6.45) is 4.00. The van der Waals surface area contributed by atoms with E-state index in [-0.39, 0.29) is 5.91 Å². The lowest BCUT2D eigenvalue weighted by molar-refractivity contribution is -0.114. The molecule has 19 heavy (non-hydrogen) atoms. The van der Waals surface area contributed by atoms with Crippen LogP contribution in [0.1, 0.15) is 24.0 Å². The summed E-state index contributed by atoms with van der Waals surface area (Å²) >= 11 is 1.46. The van der Waals surface area contributed by atoms with Crippen molar-refractivity contribution in [1.29, 1.82) is 0 Å². The molecule has 0 heterocycles. The smallest absolute Gasteiger partial charge is 0.255 e. The van der Waals surface area contributed by atoms with E-state index in [1.54, 1.807) is 0 Å². The molecular weight excluding hydrogens is 258 g/mol. The molecule has 1 fully saturated rings. The number of rotatable bonds is 6. The monoisotopic (exact) mass is 277 g/mol. The van der Waals surface area contributed by atoms with Gasteiger partial charge in [0.2, 0.25) is 0 Å². The maximum atomic E-state index is 11.6. The number of hydrogen-bond donors (Lipinski definition) is 3. The number of carbonyl (C=O) groups excluding carboxylic acids is 1. The first-order valence-corrected chi connectivity index (χ1v) is 7.36. The van der Waals surface area contributed by atoms with Crippen LogP contribution >= 0.6 is 11.9 Å². The average Bonchev–Trinajstić information content (AvgIpc) is 3.23. The largest absolute Gasteiger partial charge is 0.398 e. The summed E-state index contributed by atoms with van der Waals surface area (Å²) in [7, 11) is 0. The van der Waals surface area contributed by atoms with E-state index in [2.05, 4.69) is 4.72 Å². The molecule has 0 radical (unpaired) electrons. The molecule has 1 amide bonds. The van der Waals surface area contributed by atoms with Crippen molar-refractivity contribution in [3.8, 4) is 0 Å². The lowest BCUT2D eigenvalue weighted by Crippen LogP contribution is -2.15. The molecule has 0 bridgehead atoms. The van der Waals surface area contributed by atoms with Gasteiger partial charge in [0.05, 0.1) is 0 Å². The van der Waals surface area contributed by atoms with E-state index in [1.807, 2.05) is 24.3 Å². The Morgan fingerprint density at radius 2 is 2.05 bits per heavy atom. The SMILES string of the molecule is NCc1ccc(C(N)=CC(=O)NSCC2CC2)cc1. The minimum Gasteiger partial charge on any atom is -0.398 e. The summed E-state index contributed by atoms with van der Waals surface area (Å²) < 4.78 is 2.78. The molecule has 5 N–H and O–H groups in total. The standard InChI is InChI=1S/C14H19N3OS/c15-8-10-3-5-12(6-4-10)13(16)7-14(18)17-19-9-11-1-2-11/h3-7,11H,1-2,8-9,15-16H2,(H,17,18). The predicted molar refractivity (Wildman–Crippen MR) is 79.8 cm³/mol.